The van der Waals surface area contributed by atoms with Crippen LogP contribution in [0.3, 0.4) is 0 Å². The minimum atomic E-state index is -3.94. The van der Waals surface area contributed by atoms with Crippen LogP contribution >= 0.6 is 0 Å². The third-order valence-corrected chi connectivity index (χ3v) is 7.60. The predicted octanol–water partition coefficient (Wildman–Crippen LogP) is 5.80. The quantitative estimate of drug-likeness (QED) is 0.195. The van der Waals surface area contributed by atoms with Gasteiger partial charge in [0.25, 0.3) is 10.0 Å². The minimum absolute atomic E-state index is 0.0501. The van der Waals surface area contributed by atoms with Crippen LogP contribution in [0.5, 0.6) is 0 Å². The maximum Gasteiger partial charge on any atom is 0.325 e. The molecule has 0 saturated heterocycles. The number of ether oxygens (including phenoxy) is 1. The summed E-state index contributed by atoms with van der Waals surface area (Å²) in [6, 6.07) is 25.7. The van der Waals surface area contributed by atoms with E-state index >= 15 is 0 Å². The van der Waals surface area contributed by atoms with Gasteiger partial charge in [0.2, 0.25) is 0 Å². The van der Waals surface area contributed by atoms with Crippen LogP contribution in [0.4, 0.5) is 5.82 Å². The summed E-state index contributed by atoms with van der Waals surface area (Å²) in [5, 5.41) is 2.87. The maximum absolute atomic E-state index is 13.2. The number of carbonyl (C=O) groups excluding carboxylic acids is 1. The van der Waals surface area contributed by atoms with Gasteiger partial charge in [-0.1, -0.05) is 73.7 Å². The minimum Gasteiger partial charge on any atom is -0.465 e. The van der Waals surface area contributed by atoms with Gasteiger partial charge in [0.1, 0.15) is 12.4 Å². The van der Waals surface area contributed by atoms with Crippen LogP contribution in [0.2, 0.25) is 0 Å². The lowest BCUT2D eigenvalue weighted by Gasteiger charge is -2.19. The second kappa shape index (κ2) is 14.3. The zero-order valence-corrected chi connectivity index (χ0v) is 24.0. The van der Waals surface area contributed by atoms with Crippen molar-refractivity contribution in [2.24, 2.45) is 0 Å². The van der Waals surface area contributed by atoms with Crippen molar-refractivity contribution in [2.75, 3.05) is 18.5 Å². The Morgan fingerprint density at radius 2 is 1.76 bits per heavy atom. The maximum atomic E-state index is 13.2. The lowest BCUT2D eigenvalue weighted by molar-refractivity contribution is -0.140. The van der Waals surface area contributed by atoms with Gasteiger partial charge in [0, 0.05) is 6.20 Å². The Morgan fingerprint density at radius 3 is 2.49 bits per heavy atom. The second-order valence-corrected chi connectivity index (χ2v) is 10.9. The molecule has 212 valence electrons. The molecule has 2 aromatic heterocycles. The highest BCUT2D eigenvalue weighted by atomic mass is 32.2. The van der Waals surface area contributed by atoms with E-state index in [4.69, 9.17) is 4.74 Å². The number of allylic oxidation sites excluding steroid dienone is 1. The van der Waals surface area contributed by atoms with Crippen molar-refractivity contribution in [3.8, 4) is 11.1 Å². The first-order chi connectivity index (χ1) is 19.9. The van der Waals surface area contributed by atoms with Crippen molar-refractivity contribution in [3.63, 3.8) is 0 Å². The van der Waals surface area contributed by atoms with Crippen LogP contribution < -0.4 is 10.0 Å². The fourth-order valence-electron chi connectivity index (χ4n) is 4.22. The average molecular weight is 571 g/mol. The van der Waals surface area contributed by atoms with Crippen LogP contribution in [-0.4, -0.2) is 37.5 Å². The van der Waals surface area contributed by atoms with Crippen molar-refractivity contribution in [1.82, 2.24) is 14.7 Å². The Bertz CT molecular complexity index is 1570. The van der Waals surface area contributed by atoms with Gasteiger partial charge in [-0.05, 0) is 72.4 Å². The number of anilines is 1. The van der Waals surface area contributed by atoms with Crippen LogP contribution in [0.15, 0.2) is 102 Å². The zero-order valence-electron chi connectivity index (χ0n) is 23.2. The van der Waals surface area contributed by atoms with E-state index in [1.807, 2.05) is 30.3 Å². The first-order valence-corrected chi connectivity index (χ1v) is 15.0. The Kier molecular flexibility index (Phi) is 10.4. The number of nitrogens with zero attached hydrogens (tertiary/aromatic N) is 2. The van der Waals surface area contributed by atoms with Crippen molar-refractivity contribution in [3.05, 3.63) is 114 Å². The summed E-state index contributed by atoms with van der Waals surface area (Å²) in [4.78, 5) is 20.4. The molecular weight excluding hydrogens is 536 g/mol. The number of benzene rings is 2. The van der Waals surface area contributed by atoms with E-state index in [0.29, 0.717) is 17.9 Å². The Balaban J connectivity index is 1.59. The lowest BCUT2D eigenvalue weighted by atomic mass is 9.98. The number of aromatic nitrogens is 2. The highest BCUT2D eigenvalue weighted by Gasteiger charge is 2.24. The molecule has 0 saturated carbocycles. The van der Waals surface area contributed by atoms with Crippen LogP contribution in [0, 0.1) is 0 Å². The largest absolute Gasteiger partial charge is 0.465 e. The fourth-order valence-corrected chi connectivity index (χ4v) is 5.38. The third kappa shape index (κ3) is 8.57. The Labute approximate surface area is 241 Å². The van der Waals surface area contributed by atoms with Gasteiger partial charge in [-0.25, -0.2) is 23.1 Å². The molecule has 9 heteroatoms. The van der Waals surface area contributed by atoms with E-state index in [1.54, 1.807) is 37.3 Å². The molecule has 1 unspecified atom stereocenters. The number of carbonyl (C=O) groups is 1. The van der Waals surface area contributed by atoms with Crippen molar-refractivity contribution >= 4 is 27.9 Å². The summed E-state index contributed by atoms with van der Waals surface area (Å²) in [5.74, 6) is 0.0315. The van der Waals surface area contributed by atoms with Gasteiger partial charge in [0.15, 0.2) is 5.03 Å². The van der Waals surface area contributed by atoms with Crippen LogP contribution in [-0.2, 0) is 26.0 Å². The Hall–Kier alpha value is -4.34. The summed E-state index contributed by atoms with van der Waals surface area (Å²) >= 11 is 0. The molecular formula is C32H34N4O4S. The molecule has 8 nitrogen and oxygen atoms in total. The summed E-state index contributed by atoms with van der Waals surface area (Å²) in [6.45, 7) is 4.08. The lowest BCUT2D eigenvalue weighted by Crippen LogP contribution is -2.31. The molecule has 0 fully saturated rings. The van der Waals surface area contributed by atoms with E-state index in [9.17, 15) is 13.2 Å². The van der Waals surface area contributed by atoms with E-state index in [1.165, 1.54) is 12.3 Å². The molecule has 1 atom stereocenters. The molecule has 2 aromatic carbocycles. The fraction of sp³-hybridized carbons (Fsp3) is 0.219. The summed E-state index contributed by atoms with van der Waals surface area (Å²) in [6.07, 6.45) is 7.00. The van der Waals surface area contributed by atoms with Gasteiger partial charge in [-0.15, -0.1) is 0 Å². The standard InChI is InChI=1S/C32H34N4O4S/c1-3-5-10-24-11-8-12-27(21-24)26-18-16-25(17-19-26)22-29(36-41(38,39)31-15-6-7-20-33-31)28-13-9-14-30(35-28)34-23-32(37)40-4-2/h5-21,29,36H,3-4,22-23H2,1-2H3,(H,34,35). The number of hydrogen-bond donors (Lipinski definition) is 2. The molecule has 4 rings (SSSR count). The molecule has 2 heterocycles. The summed E-state index contributed by atoms with van der Waals surface area (Å²) < 4.78 is 34.2. The van der Waals surface area contributed by atoms with Gasteiger partial charge < -0.3 is 10.1 Å². The molecule has 41 heavy (non-hydrogen) atoms. The SMILES string of the molecule is CCC=Cc1cccc(-c2ccc(CC(NS(=O)(=O)c3ccccn3)c3cccc(NCC(=O)OCC)n3)cc2)c1. The summed E-state index contributed by atoms with van der Waals surface area (Å²) in [5.41, 5.74) is 4.73. The highest BCUT2D eigenvalue weighted by Crippen LogP contribution is 2.25. The number of esters is 1. The number of sulfonamides is 1. The van der Waals surface area contributed by atoms with Gasteiger partial charge >= 0.3 is 5.97 Å². The number of hydrogen-bond acceptors (Lipinski definition) is 7. The molecule has 0 bridgehead atoms. The molecule has 0 aliphatic carbocycles. The van der Waals surface area contributed by atoms with Crippen LogP contribution in [0.25, 0.3) is 17.2 Å². The number of rotatable bonds is 13. The molecule has 0 spiro atoms. The van der Waals surface area contributed by atoms with Crippen molar-refractivity contribution in [1.29, 1.82) is 0 Å². The second-order valence-electron chi connectivity index (χ2n) is 9.29. The zero-order chi connectivity index (χ0) is 29.1. The van der Waals surface area contributed by atoms with E-state index < -0.39 is 22.0 Å². The Morgan fingerprint density at radius 1 is 0.951 bits per heavy atom. The summed E-state index contributed by atoms with van der Waals surface area (Å²) in [7, 11) is -3.94. The van der Waals surface area contributed by atoms with Crippen molar-refractivity contribution in [2.45, 2.75) is 37.8 Å². The molecule has 0 radical (unpaired) electrons. The average Bonchev–Trinajstić information content (AvgIpc) is 3.00. The normalized spacial score (nSPS) is 12.2. The number of pyridine rings is 2. The molecule has 4 aromatic rings. The molecule has 0 amide bonds. The topological polar surface area (TPSA) is 110 Å². The first kappa shape index (κ1) is 29.6. The van der Waals surface area contributed by atoms with Crippen molar-refractivity contribution < 1.29 is 17.9 Å². The van der Waals surface area contributed by atoms with Crippen LogP contribution in [0.1, 0.15) is 43.1 Å². The molecule has 2 N–H and O–H groups in total. The van der Waals surface area contributed by atoms with Gasteiger partial charge in [0.05, 0.1) is 18.3 Å². The predicted molar refractivity (Wildman–Crippen MR) is 162 cm³/mol. The van der Waals surface area contributed by atoms with E-state index in [2.05, 4.69) is 57.3 Å². The first-order valence-electron chi connectivity index (χ1n) is 13.5. The van der Waals surface area contributed by atoms with Gasteiger partial charge in [-0.3, -0.25) is 4.79 Å². The van der Waals surface area contributed by atoms with Gasteiger partial charge in [-0.2, -0.15) is 0 Å². The highest BCUT2D eigenvalue weighted by molar-refractivity contribution is 7.89. The molecule has 0 aliphatic heterocycles. The smallest absolute Gasteiger partial charge is 0.325 e. The monoisotopic (exact) mass is 570 g/mol. The molecule has 0 aliphatic rings. The van der Waals surface area contributed by atoms with E-state index in [-0.39, 0.29) is 18.2 Å². The number of nitrogens with one attached hydrogen (secondary N) is 2. The van der Waals surface area contributed by atoms with E-state index in [0.717, 1.165) is 28.7 Å². The third-order valence-electron chi connectivity index (χ3n) is 6.22.